The Morgan fingerprint density at radius 1 is 1.31 bits per heavy atom. The summed E-state index contributed by atoms with van der Waals surface area (Å²) in [6.45, 7) is 3.74. The Bertz CT molecular complexity index is 705. The number of thioether (sulfide) groups is 1. The van der Waals surface area contributed by atoms with Crippen LogP contribution in [0.25, 0.3) is 0 Å². The molecule has 0 aromatic carbocycles. The minimum Gasteiger partial charge on any atom is -0.469 e. The Morgan fingerprint density at radius 2 is 2.00 bits per heavy atom. The standard InChI is InChI=1S/C16H23N3O6S/c1-5-9(2)14(15(23)25-4)18-12(21)8-26-16-17-10(6-11(20)19-16)7-13(22)24-3/h6,9,14H,5,7-8H2,1-4H3,(H,18,21)(H,17,19,20)/t9-,14-/m0/s1. The summed E-state index contributed by atoms with van der Waals surface area (Å²) in [5, 5.41) is 2.83. The summed E-state index contributed by atoms with van der Waals surface area (Å²) >= 11 is 0.989. The molecule has 0 saturated heterocycles. The van der Waals surface area contributed by atoms with E-state index < -0.39 is 29.4 Å². The molecule has 0 spiro atoms. The number of nitrogens with one attached hydrogen (secondary N) is 2. The third-order valence-electron chi connectivity index (χ3n) is 3.65. The van der Waals surface area contributed by atoms with E-state index in [1.165, 1.54) is 20.3 Å². The van der Waals surface area contributed by atoms with Gasteiger partial charge in [-0.15, -0.1) is 0 Å². The first-order valence-electron chi connectivity index (χ1n) is 7.97. The molecule has 0 aliphatic heterocycles. The van der Waals surface area contributed by atoms with Gasteiger partial charge in [0.1, 0.15) is 6.04 Å². The number of amides is 1. The fourth-order valence-electron chi connectivity index (χ4n) is 2.01. The summed E-state index contributed by atoms with van der Waals surface area (Å²) in [6.07, 6.45) is 0.552. The van der Waals surface area contributed by atoms with Crippen molar-refractivity contribution in [2.75, 3.05) is 20.0 Å². The zero-order valence-corrected chi connectivity index (χ0v) is 16.0. The van der Waals surface area contributed by atoms with Crippen molar-refractivity contribution in [3.05, 3.63) is 22.1 Å². The first kappa shape index (κ1) is 21.7. The Hall–Kier alpha value is -2.36. The first-order chi connectivity index (χ1) is 12.3. The van der Waals surface area contributed by atoms with Gasteiger partial charge in [0.25, 0.3) is 5.56 Å². The third kappa shape index (κ3) is 6.87. The number of aromatic amines is 1. The molecule has 2 atom stereocenters. The fourth-order valence-corrected chi connectivity index (χ4v) is 2.71. The highest BCUT2D eigenvalue weighted by molar-refractivity contribution is 7.99. The molecule has 0 unspecified atom stereocenters. The second kappa shape index (κ2) is 10.6. The lowest BCUT2D eigenvalue weighted by Gasteiger charge is -2.21. The highest BCUT2D eigenvalue weighted by Gasteiger charge is 2.26. The predicted molar refractivity (Wildman–Crippen MR) is 94.7 cm³/mol. The molecule has 26 heavy (non-hydrogen) atoms. The van der Waals surface area contributed by atoms with Gasteiger partial charge in [-0.05, 0) is 5.92 Å². The molecule has 1 aromatic heterocycles. The zero-order valence-electron chi connectivity index (χ0n) is 15.2. The Morgan fingerprint density at radius 3 is 2.58 bits per heavy atom. The van der Waals surface area contributed by atoms with Crippen LogP contribution in [0.3, 0.4) is 0 Å². The average Bonchev–Trinajstić information content (AvgIpc) is 2.62. The number of ether oxygens (including phenoxy) is 2. The van der Waals surface area contributed by atoms with E-state index >= 15 is 0 Å². The predicted octanol–water partition coefficient (Wildman–Crippen LogP) is 0.281. The molecule has 0 radical (unpaired) electrons. The Labute approximate surface area is 155 Å². The Balaban J connectivity index is 2.73. The van der Waals surface area contributed by atoms with Crippen LogP contribution in [0, 0.1) is 5.92 Å². The van der Waals surface area contributed by atoms with Crippen LogP contribution < -0.4 is 10.9 Å². The van der Waals surface area contributed by atoms with Crippen molar-refractivity contribution in [2.45, 2.75) is 37.9 Å². The molecule has 2 N–H and O–H groups in total. The molecule has 1 aromatic rings. The van der Waals surface area contributed by atoms with Crippen molar-refractivity contribution >= 4 is 29.6 Å². The van der Waals surface area contributed by atoms with E-state index in [2.05, 4.69) is 20.0 Å². The summed E-state index contributed by atoms with van der Waals surface area (Å²) in [5.41, 5.74) is -0.190. The molecular weight excluding hydrogens is 362 g/mol. The summed E-state index contributed by atoms with van der Waals surface area (Å²) in [7, 11) is 2.50. The quantitative estimate of drug-likeness (QED) is 0.352. The van der Waals surface area contributed by atoms with Crippen LogP contribution in [0.5, 0.6) is 0 Å². The lowest BCUT2D eigenvalue weighted by Crippen LogP contribution is -2.46. The number of aromatic nitrogens is 2. The highest BCUT2D eigenvalue weighted by atomic mass is 32.2. The molecule has 0 bridgehead atoms. The monoisotopic (exact) mass is 385 g/mol. The molecule has 0 fully saturated rings. The van der Waals surface area contributed by atoms with E-state index in [0.29, 0.717) is 6.42 Å². The maximum Gasteiger partial charge on any atom is 0.328 e. The van der Waals surface area contributed by atoms with Crippen molar-refractivity contribution in [3.63, 3.8) is 0 Å². The van der Waals surface area contributed by atoms with Crippen LogP contribution in [0.4, 0.5) is 0 Å². The number of hydrogen-bond donors (Lipinski definition) is 2. The number of hydrogen-bond acceptors (Lipinski definition) is 8. The van der Waals surface area contributed by atoms with E-state index in [9.17, 15) is 19.2 Å². The van der Waals surface area contributed by atoms with Crippen molar-refractivity contribution in [3.8, 4) is 0 Å². The second-order valence-electron chi connectivity index (χ2n) is 5.54. The maximum absolute atomic E-state index is 12.1. The third-order valence-corrected chi connectivity index (χ3v) is 4.52. The molecule has 0 aliphatic rings. The van der Waals surface area contributed by atoms with Crippen molar-refractivity contribution in [1.82, 2.24) is 15.3 Å². The van der Waals surface area contributed by atoms with Gasteiger partial charge in [0.15, 0.2) is 5.16 Å². The number of carbonyl (C=O) groups excluding carboxylic acids is 3. The van der Waals surface area contributed by atoms with Gasteiger partial charge in [-0.25, -0.2) is 9.78 Å². The van der Waals surface area contributed by atoms with E-state index in [1.54, 1.807) is 0 Å². The van der Waals surface area contributed by atoms with Gasteiger partial charge in [0, 0.05) is 6.07 Å². The fraction of sp³-hybridized carbons (Fsp3) is 0.562. The number of esters is 2. The summed E-state index contributed by atoms with van der Waals surface area (Å²) in [6, 6.07) is 0.452. The van der Waals surface area contributed by atoms with Gasteiger partial charge in [0.05, 0.1) is 32.1 Å². The lowest BCUT2D eigenvalue weighted by atomic mass is 9.99. The number of carbonyl (C=O) groups is 3. The van der Waals surface area contributed by atoms with Crippen molar-refractivity contribution in [2.24, 2.45) is 5.92 Å². The minimum atomic E-state index is -0.740. The number of methoxy groups -OCH3 is 2. The van der Waals surface area contributed by atoms with Gasteiger partial charge < -0.3 is 19.8 Å². The number of nitrogens with zero attached hydrogens (tertiary/aromatic N) is 1. The molecule has 144 valence electrons. The largest absolute Gasteiger partial charge is 0.469 e. The lowest BCUT2D eigenvalue weighted by molar-refractivity contribution is -0.146. The van der Waals surface area contributed by atoms with Gasteiger partial charge in [0.2, 0.25) is 5.91 Å². The normalized spacial score (nSPS) is 12.8. The van der Waals surface area contributed by atoms with Crippen LogP contribution in [-0.4, -0.2) is 53.8 Å². The minimum absolute atomic E-state index is 0.0610. The van der Waals surface area contributed by atoms with Crippen LogP contribution in [0.2, 0.25) is 0 Å². The molecule has 9 nitrogen and oxygen atoms in total. The zero-order chi connectivity index (χ0) is 19.7. The molecule has 10 heteroatoms. The summed E-state index contributed by atoms with van der Waals surface area (Å²) in [5.74, 6) is -1.57. The van der Waals surface area contributed by atoms with Gasteiger partial charge in [-0.3, -0.25) is 14.4 Å². The van der Waals surface area contributed by atoms with Crippen LogP contribution >= 0.6 is 11.8 Å². The number of rotatable bonds is 9. The van der Waals surface area contributed by atoms with E-state index in [4.69, 9.17) is 4.74 Å². The van der Waals surface area contributed by atoms with Crippen LogP contribution in [-0.2, 0) is 30.3 Å². The van der Waals surface area contributed by atoms with Gasteiger partial charge in [-0.2, -0.15) is 0 Å². The Kier molecular flexibility index (Phi) is 8.83. The summed E-state index contributed by atoms with van der Waals surface area (Å²) in [4.78, 5) is 53.4. The molecule has 1 heterocycles. The molecule has 0 saturated carbocycles. The highest BCUT2D eigenvalue weighted by Crippen LogP contribution is 2.13. The molecule has 0 aliphatic carbocycles. The molecular formula is C16H23N3O6S. The molecule has 1 rings (SSSR count). The van der Waals surface area contributed by atoms with E-state index in [1.807, 2.05) is 13.8 Å². The number of H-pyrrole nitrogens is 1. The van der Waals surface area contributed by atoms with E-state index in [-0.39, 0.29) is 28.9 Å². The van der Waals surface area contributed by atoms with Crippen LogP contribution in [0.1, 0.15) is 26.0 Å². The SMILES string of the molecule is CC[C@H](C)[C@H](NC(=O)CSc1nc(CC(=O)OC)cc(=O)[nH]1)C(=O)OC. The van der Waals surface area contributed by atoms with E-state index in [0.717, 1.165) is 11.8 Å². The maximum atomic E-state index is 12.1. The summed E-state index contributed by atoms with van der Waals surface area (Å²) < 4.78 is 9.25. The van der Waals surface area contributed by atoms with Gasteiger partial charge in [-0.1, -0.05) is 32.0 Å². The smallest absolute Gasteiger partial charge is 0.328 e. The van der Waals surface area contributed by atoms with Crippen LogP contribution in [0.15, 0.2) is 16.0 Å². The van der Waals surface area contributed by atoms with Gasteiger partial charge >= 0.3 is 11.9 Å². The first-order valence-corrected chi connectivity index (χ1v) is 8.96. The molecule has 1 amide bonds. The van der Waals surface area contributed by atoms with Crippen molar-refractivity contribution in [1.29, 1.82) is 0 Å². The topological polar surface area (TPSA) is 127 Å². The van der Waals surface area contributed by atoms with Crippen molar-refractivity contribution < 1.29 is 23.9 Å². The second-order valence-corrected chi connectivity index (χ2v) is 6.50. The average molecular weight is 385 g/mol.